The molecule has 48 heavy (non-hydrogen) atoms. The van der Waals surface area contributed by atoms with Gasteiger partial charge >= 0.3 is 16.8 Å². The molecular weight excluding hydrogens is 661 g/mol. The van der Waals surface area contributed by atoms with Crippen molar-refractivity contribution in [1.29, 1.82) is 0 Å². The summed E-state index contributed by atoms with van der Waals surface area (Å²) in [5, 5.41) is 31.5. The summed E-state index contributed by atoms with van der Waals surface area (Å²) in [5.41, 5.74) is 4.27. The third-order valence-electron chi connectivity index (χ3n) is 6.89. The van der Waals surface area contributed by atoms with Crippen LogP contribution in [0.3, 0.4) is 0 Å². The normalized spacial score (nSPS) is 13.4. The third kappa shape index (κ3) is 14.1. The van der Waals surface area contributed by atoms with Crippen LogP contribution in [-0.2, 0) is 40.8 Å². The molecule has 0 aliphatic carbocycles. The molecule has 0 bridgehead atoms. The Balaban J connectivity index is 0.000000462. The van der Waals surface area contributed by atoms with Gasteiger partial charge in [0.15, 0.2) is 0 Å². The van der Waals surface area contributed by atoms with Crippen molar-refractivity contribution in [3.05, 3.63) is 130 Å². The average molecular weight is 705 g/mol. The topological polar surface area (TPSA) is 201 Å². The van der Waals surface area contributed by atoms with Gasteiger partial charge in [-0.3, -0.25) is 0 Å². The molecule has 11 nitrogen and oxygen atoms in total. The molecule has 4 aromatic carbocycles. The molecule has 1 heterocycles. The Bertz CT molecular complexity index is 1430. The molecule has 1 aliphatic heterocycles. The third-order valence-corrected chi connectivity index (χ3v) is 6.89. The molecule has 0 saturated heterocycles. The molecule has 0 unspecified atom stereocenters. The zero-order chi connectivity index (χ0) is 31.7. The molecule has 4 aromatic rings. The summed E-state index contributed by atoms with van der Waals surface area (Å²) < 4.78 is 11.9. The molecule has 0 amide bonds. The summed E-state index contributed by atoms with van der Waals surface area (Å²) in [6.45, 7) is 6.43. The number of aromatic carboxylic acids is 2. The zero-order valence-corrected chi connectivity index (χ0v) is 27.5. The van der Waals surface area contributed by atoms with E-state index in [1.54, 1.807) is 36.4 Å². The van der Waals surface area contributed by atoms with E-state index >= 15 is 0 Å². The summed E-state index contributed by atoms with van der Waals surface area (Å²) in [6, 6.07) is 28.9. The first-order chi connectivity index (χ1) is 22.0. The molecular formula is C36H43CoN3O8+2. The Kier molecular flexibility index (Phi) is 19.8. The average Bonchev–Trinajstić information content (AvgIpc) is 3.06. The van der Waals surface area contributed by atoms with Gasteiger partial charge in [0.1, 0.15) is 24.7 Å². The van der Waals surface area contributed by atoms with E-state index in [4.69, 9.17) is 9.47 Å². The Hall–Kier alpha value is -4.53. The first kappa shape index (κ1) is 41.5. The fourth-order valence-electron chi connectivity index (χ4n) is 4.46. The van der Waals surface area contributed by atoms with Gasteiger partial charge in [-0.15, -0.1) is 0 Å². The van der Waals surface area contributed by atoms with Gasteiger partial charge < -0.3 is 56.2 Å². The smallest absolute Gasteiger partial charge is 0.545 e. The predicted octanol–water partition coefficient (Wildman–Crippen LogP) is 0.665. The van der Waals surface area contributed by atoms with Crippen molar-refractivity contribution in [2.45, 2.75) is 13.1 Å². The van der Waals surface area contributed by atoms with Crippen LogP contribution in [0, 0.1) is 0 Å². The number of carboxylic acid groups (broad SMARTS) is 2. The number of carboxylic acids is 2. The van der Waals surface area contributed by atoms with E-state index in [1.807, 2.05) is 36.4 Å². The molecule has 1 radical (unpaired) electrons. The Morgan fingerprint density at radius 3 is 1.27 bits per heavy atom. The van der Waals surface area contributed by atoms with Crippen molar-refractivity contribution in [3.8, 4) is 11.5 Å². The van der Waals surface area contributed by atoms with Crippen LogP contribution in [0.2, 0.25) is 0 Å². The molecule has 12 heteroatoms. The van der Waals surface area contributed by atoms with Crippen molar-refractivity contribution >= 4 is 24.1 Å². The standard InChI is InChI=1S/C20H27N3O2.C16H12O4.Co.2H2O/c1-3-7-19-17(5-1)15-22-11-9-21-10-12-23-16-18-6-2-4-8-20(18)25-14-13-24-19;17-15(18)13-7-3-11(4-8-13)1-2-12-5-9-14(10-6-12)16(19)20;;;/h1-8,21-23H,9-16H2;1-10H,(H,17,18)(H,19,20);;2*1H2/q;;+2;;/b;2-1+;;;. The van der Waals surface area contributed by atoms with E-state index in [2.05, 4.69) is 28.1 Å². The van der Waals surface area contributed by atoms with Crippen LogP contribution in [0.25, 0.3) is 12.2 Å². The van der Waals surface area contributed by atoms with Crippen LogP contribution in [0.15, 0.2) is 97.1 Å². The van der Waals surface area contributed by atoms with Gasteiger partial charge in [0.05, 0.1) is 11.9 Å². The number of ether oxygens (including phenoxy) is 2. The van der Waals surface area contributed by atoms with Crippen molar-refractivity contribution in [2.24, 2.45) is 0 Å². The maximum atomic E-state index is 10.6. The zero-order valence-electron chi connectivity index (χ0n) is 26.5. The number of carbonyl (C=O) groups excluding carboxylic acids is 2. The SMILES string of the molecule is O=C([O-])c1ccc(/C=C/c2ccc(C(=O)[O-])cc2)cc1.[Co+2].[OH3+].[OH3+].c1ccc2c(c1)CNCCNCCNCc1ccccc1OCCO2. The van der Waals surface area contributed by atoms with E-state index < -0.39 is 11.9 Å². The van der Waals surface area contributed by atoms with Gasteiger partial charge in [-0.1, -0.05) is 97.1 Å². The van der Waals surface area contributed by atoms with E-state index in [0.717, 1.165) is 61.9 Å². The summed E-state index contributed by atoms with van der Waals surface area (Å²) in [6.07, 6.45) is 3.60. The molecule has 0 aromatic heterocycles. The van der Waals surface area contributed by atoms with Crippen LogP contribution in [0.4, 0.5) is 0 Å². The van der Waals surface area contributed by atoms with Crippen LogP contribution in [-0.4, -0.2) is 51.3 Å². The van der Waals surface area contributed by atoms with Crippen molar-refractivity contribution in [2.75, 3.05) is 39.4 Å². The minimum atomic E-state index is -1.21. The van der Waals surface area contributed by atoms with Crippen molar-refractivity contribution in [1.82, 2.24) is 16.0 Å². The Morgan fingerprint density at radius 1 is 0.542 bits per heavy atom. The molecule has 0 spiro atoms. The second-order valence-electron chi connectivity index (χ2n) is 10.2. The number of hydrogen-bond donors (Lipinski definition) is 3. The second kappa shape index (κ2) is 22.9. The predicted molar refractivity (Wildman–Crippen MR) is 180 cm³/mol. The number of hydrogen-bond acceptors (Lipinski definition) is 9. The van der Waals surface area contributed by atoms with Crippen LogP contribution in [0.5, 0.6) is 11.5 Å². The van der Waals surface area contributed by atoms with Gasteiger partial charge in [0.25, 0.3) is 0 Å². The minimum Gasteiger partial charge on any atom is -0.545 e. The number of rotatable bonds is 4. The summed E-state index contributed by atoms with van der Waals surface area (Å²) in [7, 11) is 0. The minimum absolute atomic E-state index is 0. The fraction of sp³-hybridized carbons (Fsp3) is 0.222. The first-order valence-electron chi connectivity index (χ1n) is 14.8. The number of nitrogens with one attached hydrogen (secondary N) is 3. The maximum Gasteiger partial charge on any atom is 2.00 e. The van der Waals surface area contributed by atoms with Gasteiger partial charge in [-0.2, -0.15) is 0 Å². The number of carbonyl (C=O) groups is 2. The second-order valence-corrected chi connectivity index (χ2v) is 10.2. The molecule has 0 atom stereocenters. The first-order valence-corrected chi connectivity index (χ1v) is 14.8. The molecule has 9 N–H and O–H groups in total. The van der Waals surface area contributed by atoms with E-state index in [0.29, 0.717) is 13.2 Å². The van der Waals surface area contributed by atoms with Crippen LogP contribution in [0.1, 0.15) is 43.0 Å². The number of fused-ring (bicyclic) bond motifs is 2. The summed E-state index contributed by atoms with van der Waals surface area (Å²) >= 11 is 0. The van der Waals surface area contributed by atoms with Gasteiger partial charge in [0, 0.05) is 50.4 Å². The Morgan fingerprint density at radius 2 is 0.896 bits per heavy atom. The van der Waals surface area contributed by atoms with Gasteiger partial charge in [-0.05, 0) is 34.4 Å². The van der Waals surface area contributed by atoms with Crippen LogP contribution < -0.4 is 35.6 Å². The van der Waals surface area contributed by atoms with Crippen molar-refractivity contribution < 1.29 is 57.0 Å². The molecule has 5 rings (SSSR count). The molecule has 0 fully saturated rings. The van der Waals surface area contributed by atoms with E-state index in [-0.39, 0.29) is 38.9 Å². The fourth-order valence-corrected chi connectivity index (χ4v) is 4.46. The monoisotopic (exact) mass is 704 g/mol. The van der Waals surface area contributed by atoms with Gasteiger partial charge in [0.2, 0.25) is 0 Å². The number of para-hydroxylation sites is 2. The number of benzene rings is 4. The maximum absolute atomic E-state index is 10.6. The van der Waals surface area contributed by atoms with E-state index in [9.17, 15) is 19.8 Å². The van der Waals surface area contributed by atoms with E-state index in [1.165, 1.54) is 35.4 Å². The largest absolute Gasteiger partial charge is 2.00 e. The quantitative estimate of drug-likeness (QED) is 0.202. The summed E-state index contributed by atoms with van der Waals surface area (Å²) in [4.78, 5) is 21.2. The molecule has 257 valence electrons. The molecule has 1 aliphatic rings. The summed E-state index contributed by atoms with van der Waals surface area (Å²) in [5.74, 6) is -0.576. The molecule has 0 saturated carbocycles. The Labute approximate surface area is 290 Å². The van der Waals surface area contributed by atoms with Crippen molar-refractivity contribution in [3.63, 3.8) is 0 Å². The van der Waals surface area contributed by atoms with Crippen LogP contribution >= 0.6 is 0 Å². The van der Waals surface area contributed by atoms with Gasteiger partial charge in [-0.25, -0.2) is 0 Å².